The summed E-state index contributed by atoms with van der Waals surface area (Å²) >= 11 is 0. The highest BCUT2D eigenvalue weighted by Gasteiger charge is 2.31. The minimum atomic E-state index is -4.97. The van der Waals surface area contributed by atoms with Gasteiger partial charge in [-0.3, -0.25) is 37.3 Å². The zero-order valence-electron chi connectivity index (χ0n) is 69.9. The molecule has 0 rings (SSSR count). The number of rotatable bonds is 85. The molecule has 19 heteroatoms. The van der Waals surface area contributed by atoms with Crippen molar-refractivity contribution in [3.8, 4) is 0 Å². The molecule has 0 aliphatic carbocycles. The van der Waals surface area contributed by atoms with Crippen molar-refractivity contribution in [2.24, 2.45) is 17.8 Å². The third-order valence-corrected chi connectivity index (χ3v) is 22.6. The highest BCUT2D eigenvalue weighted by Crippen LogP contribution is 2.45. The summed E-state index contributed by atoms with van der Waals surface area (Å²) in [5, 5.41) is 10.7. The van der Waals surface area contributed by atoms with Gasteiger partial charge in [-0.1, -0.05) is 408 Å². The van der Waals surface area contributed by atoms with Gasteiger partial charge >= 0.3 is 39.5 Å². The van der Waals surface area contributed by atoms with Gasteiger partial charge in [0.1, 0.15) is 19.3 Å². The summed E-state index contributed by atoms with van der Waals surface area (Å²) < 4.78 is 68.9. The van der Waals surface area contributed by atoms with Gasteiger partial charge in [-0.05, 0) is 43.4 Å². The number of phosphoric ester groups is 2. The molecule has 0 aromatic heterocycles. The Morgan fingerprint density at radius 2 is 0.481 bits per heavy atom. The van der Waals surface area contributed by atoms with Crippen molar-refractivity contribution in [2.75, 3.05) is 39.6 Å². The maximum absolute atomic E-state index is 13.2. The van der Waals surface area contributed by atoms with Crippen molar-refractivity contribution in [1.29, 1.82) is 0 Å². The molecule has 17 nitrogen and oxygen atoms in total. The molecule has 106 heavy (non-hydrogen) atoms. The Morgan fingerprint density at radius 1 is 0.274 bits per heavy atom. The van der Waals surface area contributed by atoms with Crippen LogP contribution in [0.2, 0.25) is 0 Å². The Balaban J connectivity index is 5.23. The molecule has 0 aromatic rings. The monoisotopic (exact) mass is 1550 g/mol. The van der Waals surface area contributed by atoms with E-state index in [-0.39, 0.29) is 25.7 Å². The zero-order chi connectivity index (χ0) is 77.9. The van der Waals surface area contributed by atoms with E-state index in [2.05, 4.69) is 48.5 Å². The number of hydrogen-bond acceptors (Lipinski definition) is 15. The van der Waals surface area contributed by atoms with E-state index in [1.165, 1.54) is 270 Å². The number of aliphatic hydroxyl groups is 1. The van der Waals surface area contributed by atoms with Crippen molar-refractivity contribution in [1.82, 2.24) is 0 Å². The Hall–Kier alpha value is -1.94. The van der Waals surface area contributed by atoms with Gasteiger partial charge < -0.3 is 33.8 Å². The first kappa shape index (κ1) is 104. The maximum Gasteiger partial charge on any atom is 0.472 e. The molecular weight excluding hydrogens is 1380 g/mol. The Kier molecular flexibility index (Phi) is 75.6. The summed E-state index contributed by atoms with van der Waals surface area (Å²) in [7, 11) is -9.93. The quantitative estimate of drug-likeness (QED) is 0.0222. The van der Waals surface area contributed by atoms with Crippen molar-refractivity contribution in [2.45, 2.75) is 478 Å². The van der Waals surface area contributed by atoms with Gasteiger partial charge in [0.15, 0.2) is 12.2 Å². The van der Waals surface area contributed by atoms with E-state index >= 15 is 0 Å². The molecule has 0 aliphatic heterocycles. The summed E-state index contributed by atoms with van der Waals surface area (Å²) in [6, 6.07) is 0. The normalized spacial score (nSPS) is 14.1. The van der Waals surface area contributed by atoms with E-state index < -0.39 is 97.5 Å². The average molecular weight is 1550 g/mol. The number of esters is 4. The number of phosphoric acid groups is 2. The number of aliphatic hydroxyl groups excluding tert-OH is 1. The van der Waals surface area contributed by atoms with Crippen LogP contribution in [0.1, 0.15) is 459 Å². The van der Waals surface area contributed by atoms with Crippen LogP contribution >= 0.6 is 15.6 Å². The summed E-state index contributed by atoms with van der Waals surface area (Å²) in [5.41, 5.74) is 0. The number of carbonyl (C=O) groups is 4. The molecule has 0 heterocycles. The highest BCUT2D eigenvalue weighted by atomic mass is 31.2. The molecule has 0 aromatic carbocycles. The molecule has 0 radical (unpaired) electrons. The van der Waals surface area contributed by atoms with E-state index in [4.69, 9.17) is 37.0 Å². The molecule has 0 amide bonds. The van der Waals surface area contributed by atoms with E-state index in [0.717, 1.165) is 108 Å². The number of carbonyl (C=O) groups excluding carboxylic acids is 4. The van der Waals surface area contributed by atoms with Gasteiger partial charge in [-0.2, -0.15) is 0 Å². The van der Waals surface area contributed by atoms with Crippen LogP contribution in [-0.4, -0.2) is 96.7 Å². The lowest BCUT2D eigenvalue weighted by Crippen LogP contribution is -2.30. The van der Waals surface area contributed by atoms with Gasteiger partial charge in [-0.25, -0.2) is 9.13 Å². The van der Waals surface area contributed by atoms with Crippen molar-refractivity contribution >= 4 is 39.5 Å². The summed E-state index contributed by atoms with van der Waals surface area (Å²) in [6.07, 6.45) is 68.0. The first-order valence-corrected chi connectivity index (χ1v) is 47.9. The molecule has 3 unspecified atom stereocenters. The van der Waals surface area contributed by atoms with Crippen LogP contribution in [0.15, 0.2) is 0 Å². The first-order valence-electron chi connectivity index (χ1n) is 44.9. The molecule has 3 N–H and O–H groups in total. The molecule has 0 saturated carbocycles. The lowest BCUT2D eigenvalue weighted by Gasteiger charge is -2.21. The predicted molar refractivity (Wildman–Crippen MR) is 437 cm³/mol. The lowest BCUT2D eigenvalue weighted by atomic mass is 9.99. The number of hydrogen-bond donors (Lipinski definition) is 3. The van der Waals surface area contributed by atoms with Gasteiger partial charge in [-0.15, -0.1) is 0 Å². The Bertz CT molecular complexity index is 2050. The van der Waals surface area contributed by atoms with Gasteiger partial charge in [0.25, 0.3) is 0 Å². The van der Waals surface area contributed by atoms with Crippen LogP contribution in [0.3, 0.4) is 0 Å². The number of ether oxygens (including phenoxy) is 4. The summed E-state index contributed by atoms with van der Waals surface area (Å²) in [4.78, 5) is 73.2. The van der Waals surface area contributed by atoms with E-state index in [1.807, 2.05) is 0 Å². The molecule has 0 spiro atoms. The fourth-order valence-electron chi connectivity index (χ4n) is 13.5. The van der Waals surface area contributed by atoms with Crippen LogP contribution in [0.5, 0.6) is 0 Å². The van der Waals surface area contributed by atoms with E-state index in [9.17, 15) is 43.2 Å². The third-order valence-electron chi connectivity index (χ3n) is 20.7. The molecule has 630 valence electrons. The third kappa shape index (κ3) is 78.7. The average Bonchev–Trinajstić information content (AvgIpc) is 0.902. The van der Waals surface area contributed by atoms with Crippen LogP contribution in [0.25, 0.3) is 0 Å². The maximum atomic E-state index is 13.2. The van der Waals surface area contributed by atoms with Crippen LogP contribution in [-0.2, 0) is 65.4 Å². The minimum absolute atomic E-state index is 0.107. The summed E-state index contributed by atoms with van der Waals surface area (Å²) in [6.45, 7) is 12.1. The topological polar surface area (TPSA) is 237 Å². The van der Waals surface area contributed by atoms with Crippen molar-refractivity contribution < 1.29 is 80.2 Å². The molecular formula is C87H170O17P2. The second-order valence-corrected chi connectivity index (χ2v) is 35.4. The number of unbranched alkanes of at least 4 members (excludes halogenated alkanes) is 52. The zero-order valence-corrected chi connectivity index (χ0v) is 71.7. The molecule has 0 aliphatic rings. The van der Waals surface area contributed by atoms with Gasteiger partial charge in [0.05, 0.1) is 26.4 Å². The lowest BCUT2D eigenvalue weighted by molar-refractivity contribution is -0.161. The largest absolute Gasteiger partial charge is 0.472 e. The predicted octanol–water partition coefficient (Wildman–Crippen LogP) is 26.5. The van der Waals surface area contributed by atoms with E-state index in [0.29, 0.717) is 25.7 Å². The Morgan fingerprint density at radius 3 is 0.717 bits per heavy atom. The smallest absolute Gasteiger partial charge is 0.462 e. The fourth-order valence-corrected chi connectivity index (χ4v) is 15.1. The van der Waals surface area contributed by atoms with E-state index in [1.54, 1.807) is 0 Å². The SMILES string of the molecule is CCCCCCCCCCCCCC(=O)OC[C@H](COP(=O)(O)OC[C@H](O)COP(=O)(O)OC[C@@H](COC(=O)CCCCCCCCCCCCCCCCCCC(C)C)OC(=O)CCCCCCCCCCCCCCCCCCCCC(C)CC)OC(=O)CCCCCCCCCCCCCC(C)C. The Labute approximate surface area is 651 Å². The molecule has 0 saturated heterocycles. The first-order chi connectivity index (χ1) is 51.3. The highest BCUT2D eigenvalue weighted by molar-refractivity contribution is 7.47. The van der Waals surface area contributed by atoms with Crippen LogP contribution in [0, 0.1) is 17.8 Å². The van der Waals surface area contributed by atoms with Gasteiger partial charge in [0, 0.05) is 25.7 Å². The standard InChI is InChI=1S/C87H170O17P2/c1-8-10-11-12-13-14-30-40-47-54-61-68-84(89)97-74-82(104-87(92)71-64-57-50-43-36-29-32-38-45-52-59-66-79(5)6)76-101-105(93,94)99-72-81(88)73-100-106(95,96)102-77-83(75-98-85(90)69-62-55-48-41-34-27-23-20-19-21-25-31-37-44-51-58-65-78(3)4)103-86(91)70-63-56-49-42-35-28-24-18-16-15-17-22-26-33-39-46-53-60-67-80(7)9-2/h78-83,88H,8-77H2,1-7H3,(H,93,94)(H,95,96)/t80?,81-,82+,83+/m0/s1. The van der Waals surface area contributed by atoms with Crippen molar-refractivity contribution in [3.63, 3.8) is 0 Å². The summed E-state index contributed by atoms with van der Waals surface area (Å²) in [5.74, 6) is 0.346. The molecule has 0 fully saturated rings. The second-order valence-electron chi connectivity index (χ2n) is 32.5. The van der Waals surface area contributed by atoms with Crippen LogP contribution < -0.4 is 0 Å². The second kappa shape index (κ2) is 77.0. The van der Waals surface area contributed by atoms with Crippen LogP contribution in [0.4, 0.5) is 0 Å². The van der Waals surface area contributed by atoms with Crippen molar-refractivity contribution in [3.05, 3.63) is 0 Å². The fraction of sp³-hybridized carbons (Fsp3) is 0.954. The molecule has 6 atom stereocenters. The molecule has 0 bridgehead atoms. The minimum Gasteiger partial charge on any atom is -0.462 e. The van der Waals surface area contributed by atoms with Gasteiger partial charge in [0.2, 0.25) is 0 Å².